The number of aromatic nitrogens is 4. The van der Waals surface area contributed by atoms with Gasteiger partial charge in [-0.25, -0.2) is 0 Å². The van der Waals surface area contributed by atoms with E-state index in [0.29, 0.717) is 0 Å². The smallest absolute Gasteiger partial charge is 0.0571 e. The summed E-state index contributed by atoms with van der Waals surface area (Å²) in [6.07, 6.45) is 13.4. The minimum atomic E-state index is 0.903. The second-order valence-corrected chi connectivity index (χ2v) is 13.3. The van der Waals surface area contributed by atoms with Crippen LogP contribution in [-0.4, -0.2) is 19.1 Å². The monoisotopic (exact) mass is 632 g/mol. The van der Waals surface area contributed by atoms with Crippen LogP contribution in [0.5, 0.6) is 0 Å². The number of rotatable bonds is 4. The van der Waals surface area contributed by atoms with E-state index in [0.717, 1.165) is 6.42 Å². The first kappa shape index (κ1) is 29.2. The largest absolute Gasteiger partial charge is 0.309 e. The van der Waals surface area contributed by atoms with Gasteiger partial charge in [0, 0.05) is 57.7 Å². The first-order chi connectivity index (χ1) is 24.0. The Bertz CT molecular complexity index is 2620. The van der Waals surface area contributed by atoms with Gasteiger partial charge in [-0.2, -0.15) is 0 Å². The molecule has 0 atom stereocenters. The zero-order valence-electron chi connectivity index (χ0n) is 28.2. The molecule has 0 aliphatic heterocycles. The minimum absolute atomic E-state index is 0.903. The molecule has 4 aromatic carbocycles. The van der Waals surface area contributed by atoms with Crippen molar-refractivity contribution < 1.29 is 0 Å². The molecule has 4 heterocycles. The normalized spacial score (nSPS) is 13.8. The van der Waals surface area contributed by atoms with Gasteiger partial charge >= 0.3 is 0 Å². The second kappa shape index (κ2) is 11.3. The number of allylic oxidation sites excluding steroid dienone is 6. The molecule has 4 aromatic heterocycles. The van der Waals surface area contributed by atoms with Crippen molar-refractivity contribution in [1.29, 1.82) is 0 Å². The molecule has 236 valence electrons. The van der Waals surface area contributed by atoms with Crippen LogP contribution in [0.1, 0.15) is 42.5 Å². The van der Waals surface area contributed by atoms with Crippen LogP contribution in [0.4, 0.5) is 0 Å². The van der Waals surface area contributed by atoms with E-state index in [2.05, 4.69) is 156 Å². The van der Waals surface area contributed by atoms with Crippen LogP contribution in [0, 0.1) is 13.8 Å². The number of pyridine rings is 2. The predicted molar refractivity (Wildman–Crippen MR) is 206 cm³/mol. The lowest BCUT2D eigenvalue weighted by Crippen LogP contribution is -1.98. The Balaban J connectivity index is 1.08. The fraction of sp³-hybridized carbons (Fsp3) is 0.111. The first-order valence-corrected chi connectivity index (χ1v) is 17.0. The molecule has 49 heavy (non-hydrogen) atoms. The Labute approximate surface area is 286 Å². The van der Waals surface area contributed by atoms with Crippen LogP contribution >= 0.6 is 0 Å². The summed E-state index contributed by atoms with van der Waals surface area (Å²) in [5.41, 5.74) is 17.4. The molecule has 0 saturated heterocycles. The summed E-state index contributed by atoms with van der Waals surface area (Å²) >= 11 is 0. The summed E-state index contributed by atoms with van der Waals surface area (Å²) in [4.78, 5) is 8.85. The predicted octanol–water partition coefficient (Wildman–Crippen LogP) is 11.5. The molecule has 0 unspecified atom stereocenters. The average Bonchev–Trinajstić information content (AvgIpc) is 3.59. The van der Waals surface area contributed by atoms with E-state index < -0.39 is 0 Å². The van der Waals surface area contributed by atoms with Gasteiger partial charge in [-0.1, -0.05) is 66.3 Å². The Morgan fingerprint density at radius 2 is 1.04 bits per heavy atom. The molecule has 4 nitrogen and oxygen atoms in total. The molecule has 0 spiro atoms. The number of nitrogens with zero attached hydrogens (tertiary/aromatic N) is 4. The fourth-order valence-corrected chi connectivity index (χ4v) is 7.94. The summed E-state index contributed by atoms with van der Waals surface area (Å²) in [7, 11) is 0. The van der Waals surface area contributed by atoms with Gasteiger partial charge in [0.25, 0.3) is 0 Å². The number of aryl methyl sites for hydroxylation is 2. The number of benzene rings is 4. The van der Waals surface area contributed by atoms with Crippen LogP contribution in [0.3, 0.4) is 0 Å². The van der Waals surface area contributed by atoms with Gasteiger partial charge < -0.3 is 9.13 Å². The van der Waals surface area contributed by atoms with Crippen molar-refractivity contribution in [3.63, 3.8) is 0 Å². The highest BCUT2D eigenvalue weighted by Crippen LogP contribution is 2.39. The molecule has 8 aromatic rings. The number of hydrogen-bond acceptors (Lipinski definition) is 2. The molecule has 0 N–H and O–H groups in total. The highest BCUT2D eigenvalue weighted by Gasteiger charge is 2.18. The molecule has 9 rings (SSSR count). The van der Waals surface area contributed by atoms with Crippen molar-refractivity contribution in [2.24, 2.45) is 0 Å². The van der Waals surface area contributed by atoms with E-state index >= 15 is 0 Å². The van der Waals surface area contributed by atoms with Crippen LogP contribution in [0.15, 0.2) is 145 Å². The van der Waals surface area contributed by atoms with E-state index in [-0.39, 0.29) is 0 Å². The van der Waals surface area contributed by atoms with Crippen LogP contribution < -0.4 is 0 Å². The van der Waals surface area contributed by atoms with Gasteiger partial charge in [-0.15, -0.1) is 0 Å². The minimum Gasteiger partial charge on any atom is -0.309 e. The van der Waals surface area contributed by atoms with E-state index in [1.54, 1.807) is 0 Å². The van der Waals surface area contributed by atoms with Crippen molar-refractivity contribution in [2.45, 2.75) is 34.1 Å². The third kappa shape index (κ3) is 4.59. The van der Waals surface area contributed by atoms with Gasteiger partial charge in [-0.05, 0) is 122 Å². The third-order valence-electron chi connectivity index (χ3n) is 10.3. The summed E-state index contributed by atoms with van der Waals surface area (Å²) in [6, 6.07) is 35.2. The van der Waals surface area contributed by atoms with Gasteiger partial charge in [0.15, 0.2) is 0 Å². The molecule has 0 radical (unpaired) electrons. The van der Waals surface area contributed by atoms with Gasteiger partial charge in [0.1, 0.15) is 0 Å². The number of hydrogen-bond donors (Lipinski definition) is 0. The lowest BCUT2D eigenvalue weighted by Gasteiger charge is -2.16. The highest BCUT2D eigenvalue weighted by molar-refractivity contribution is 6.10. The Hall–Kier alpha value is -6.00. The molecular formula is C45H36N4. The van der Waals surface area contributed by atoms with Gasteiger partial charge in [0.2, 0.25) is 0 Å². The Kier molecular flexibility index (Phi) is 6.73. The zero-order chi connectivity index (χ0) is 33.2. The summed E-state index contributed by atoms with van der Waals surface area (Å²) in [5.74, 6) is 0. The Morgan fingerprint density at radius 3 is 1.59 bits per heavy atom. The SMILES string of the molecule is CC1=CC(c2ccc(-n3c4ccccc4c4cnccc43)cc2C)=C(C)CC=C1c1ccc(-n2c3ccccc3c3cnccc32)cc1C. The van der Waals surface area contributed by atoms with E-state index in [4.69, 9.17) is 0 Å². The molecule has 0 saturated carbocycles. The maximum atomic E-state index is 4.42. The number of para-hydroxylation sites is 2. The van der Waals surface area contributed by atoms with Crippen molar-refractivity contribution in [1.82, 2.24) is 19.1 Å². The summed E-state index contributed by atoms with van der Waals surface area (Å²) in [6.45, 7) is 9.01. The molecule has 4 heteroatoms. The van der Waals surface area contributed by atoms with Gasteiger partial charge in [-0.3, -0.25) is 9.97 Å². The summed E-state index contributed by atoms with van der Waals surface area (Å²) in [5, 5.41) is 4.80. The lowest BCUT2D eigenvalue weighted by atomic mass is 9.92. The zero-order valence-corrected chi connectivity index (χ0v) is 28.2. The lowest BCUT2D eigenvalue weighted by molar-refractivity contribution is 1.16. The molecule has 1 aliphatic rings. The van der Waals surface area contributed by atoms with Crippen molar-refractivity contribution in [2.75, 3.05) is 0 Å². The van der Waals surface area contributed by atoms with Gasteiger partial charge in [0.05, 0.1) is 22.1 Å². The fourth-order valence-electron chi connectivity index (χ4n) is 7.94. The van der Waals surface area contributed by atoms with Crippen LogP contribution in [-0.2, 0) is 0 Å². The topological polar surface area (TPSA) is 35.6 Å². The first-order valence-electron chi connectivity index (χ1n) is 17.0. The standard InChI is InChI=1S/C45H36N4/c1-28-13-16-34(35-17-14-32(23-29(35)2)48-42-11-7-5-9-37(42)40-26-46-21-19-44(40)48)31(4)25-39(28)36-18-15-33(24-30(36)3)49-43-12-8-6-10-38(43)41-27-47-22-20-45(41)49/h5-12,14-27H,13H2,1-4H3. The molecular weight excluding hydrogens is 597 g/mol. The van der Waals surface area contributed by atoms with E-state index in [9.17, 15) is 0 Å². The second-order valence-electron chi connectivity index (χ2n) is 13.3. The Morgan fingerprint density at radius 1 is 0.531 bits per heavy atom. The van der Waals surface area contributed by atoms with Crippen molar-refractivity contribution >= 4 is 54.8 Å². The van der Waals surface area contributed by atoms with Crippen molar-refractivity contribution in [3.05, 3.63) is 167 Å². The molecule has 1 aliphatic carbocycles. The summed E-state index contributed by atoms with van der Waals surface area (Å²) < 4.78 is 4.72. The molecule has 0 bridgehead atoms. The maximum absolute atomic E-state index is 4.42. The van der Waals surface area contributed by atoms with Crippen LogP contribution in [0.25, 0.3) is 66.1 Å². The average molecular weight is 633 g/mol. The highest BCUT2D eigenvalue weighted by atomic mass is 15.0. The van der Waals surface area contributed by atoms with Crippen molar-refractivity contribution in [3.8, 4) is 11.4 Å². The van der Waals surface area contributed by atoms with Crippen LogP contribution in [0.2, 0.25) is 0 Å². The van der Waals surface area contributed by atoms with E-state index in [1.165, 1.54) is 99.5 Å². The number of fused-ring (bicyclic) bond motifs is 6. The molecule has 0 fully saturated rings. The maximum Gasteiger partial charge on any atom is 0.0571 e. The third-order valence-corrected chi connectivity index (χ3v) is 10.3. The molecule has 0 amide bonds. The quantitative estimate of drug-likeness (QED) is 0.193. The van der Waals surface area contributed by atoms with E-state index in [1.807, 2.05) is 24.8 Å².